The summed E-state index contributed by atoms with van der Waals surface area (Å²) in [5, 5.41) is 0. The van der Waals surface area contributed by atoms with E-state index in [2.05, 4.69) is 54.6 Å². The van der Waals surface area contributed by atoms with Crippen molar-refractivity contribution in [3.05, 3.63) is 77.2 Å². The number of allylic oxidation sites excluding steroid dienone is 6. The molecule has 0 saturated heterocycles. The Kier molecular flexibility index (Phi) is 5.19. The molecule has 0 unspecified atom stereocenters. The first-order chi connectivity index (χ1) is 12.4. The van der Waals surface area contributed by atoms with Crippen molar-refractivity contribution in [2.24, 2.45) is 5.92 Å². The van der Waals surface area contributed by atoms with Crippen molar-refractivity contribution in [3.8, 4) is 0 Å². The normalized spacial score (nSPS) is 21.9. The van der Waals surface area contributed by atoms with E-state index in [9.17, 15) is 0 Å². The van der Waals surface area contributed by atoms with Crippen LogP contribution in [0.2, 0.25) is 0 Å². The van der Waals surface area contributed by atoms with Gasteiger partial charge in [-0.25, -0.2) is 0 Å². The van der Waals surface area contributed by atoms with Gasteiger partial charge in [0.2, 0.25) is 0 Å². The van der Waals surface area contributed by atoms with Gasteiger partial charge in [-0.3, -0.25) is 0 Å². The van der Waals surface area contributed by atoms with Crippen molar-refractivity contribution in [1.82, 2.24) is 0 Å². The first kappa shape index (κ1) is 17.1. The Bertz CT molecular complexity index is 815. The van der Waals surface area contributed by atoms with Gasteiger partial charge in [-0.1, -0.05) is 83.5 Å². The molecule has 1 aromatic rings. The van der Waals surface area contributed by atoms with Crippen LogP contribution in [0, 0.1) is 5.92 Å². The van der Waals surface area contributed by atoms with E-state index >= 15 is 0 Å². The van der Waals surface area contributed by atoms with Crippen LogP contribution >= 0.6 is 70.6 Å². The van der Waals surface area contributed by atoms with Gasteiger partial charge in [-0.05, 0) is 23.8 Å². The summed E-state index contributed by atoms with van der Waals surface area (Å²) in [6.45, 7) is 0. The quantitative estimate of drug-likeness (QED) is 0.463. The van der Waals surface area contributed by atoms with Crippen LogP contribution in [0.3, 0.4) is 0 Å². The highest BCUT2D eigenvalue weighted by molar-refractivity contribution is 8.41. The Morgan fingerprint density at radius 1 is 0.840 bits per heavy atom. The van der Waals surface area contributed by atoms with E-state index in [0.29, 0.717) is 5.92 Å². The van der Waals surface area contributed by atoms with Crippen LogP contribution in [0.15, 0.2) is 87.0 Å². The van der Waals surface area contributed by atoms with E-state index in [0.717, 1.165) is 0 Å². The SMILES string of the molecule is C1=CC(C(C=C2Sc3ccccc3S2)=C2SC3=C(SCCS3)S2)C=C1. The smallest absolute Gasteiger partial charge is 0.0660 e. The lowest BCUT2D eigenvalue weighted by Crippen LogP contribution is -1.95. The minimum Gasteiger partial charge on any atom is -0.116 e. The highest BCUT2D eigenvalue weighted by Crippen LogP contribution is 2.61. The van der Waals surface area contributed by atoms with Crippen molar-refractivity contribution in [3.63, 3.8) is 0 Å². The fourth-order valence-corrected chi connectivity index (χ4v) is 11.3. The van der Waals surface area contributed by atoms with Crippen molar-refractivity contribution in [2.45, 2.75) is 9.79 Å². The third-order valence-electron chi connectivity index (χ3n) is 3.97. The Morgan fingerprint density at radius 3 is 2.04 bits per heavy atom. The molecular formula is C19H14S6. The molecule has 126 valence electrons. The Balaban J connectivity index is 1.48. The molecule has 4 aliphatic rings. The van der Waals surface area contributed by atoms with Crippen molar-refractivity contribution in [1.29, 1.82) is 0 Å². The lowest BCUT2D eigenvalue weighted by molar-refractivity contribution is 1.03. The third kappa shape index (κ3) is 3.58. The molecule has 1 aliphatic carbocycles. The van der Waals surface area contributed by atoms with Gasteiger partial charge in [-0.15, -0.1) is 23.5 Å². The maximum absolute atomic E-state index is 2.43. The predicted octanol–water partition coefficient (Wildman–Crippen LogP) is 7.77. The molecule has 5 rings (SSSR count). The van der Waals surface area contributed by atoms with E-state index in [-0.39, 0.29) is 0 Å². The molecule has 3 heterocycles. The maximum atomic E-state index is 2.43. The van der Waals surface area contributed by atoms with Gasteiger partial charge >= 0.3 is 0 Å². The summed E-state index contributed by atoms with van der Waals surface area (Å²) in [6.07, 6.45) is 11.4. The van der Waals surface area contributed by atoms with Crippen LogP contribution in [-0.4, -0.2) is 11.5 Å². The zero-order valence-electron chi connectivity index (χ0n) is 13.1. The summed E-state index contributed by atoms with van der Waals surface area (Å²) in [7, 11) is 0. The Labute approximate surface area is 173 Å². The fourth-order valence-electron chi connectivity index (χ4n) is 2.81. The van der Waals surface area contributed by atoms with Crippen LogP contribution in [0.4, 0.5) is 0 Å². The molecule has 0 aromatic heterocycles. The Hall–Kier alpha value is 0.0200. The summed E-state index contributed by atoms with van der Waals surface area (Å²) < 4.78 is 5.91. The molecule has 0 radical (unpaired) electrons. The first-order valence-corrected chi connectivity index (χ1v) is 13.2. The number of rotatable bonds is 2. The molecule has 0 bridgehead atoms. The molecule has 0 amide bonds. The number of fused-ring (bicyclic) bond motifs is 1. The number of thioether (sulfide) groups is 6. The highest BCUT2D eigenvalue weighted by atomic mass is 32.3. The number of hydrogen-bond acceptors (Lipinski definition) is 6. The molecule has 0 atom stereocenters. The minimum atomic E-state index is 0.406. The van der Waals surface area contributed by atoms with Gasteiger partial charge in [0.05, 0.1) is 16.9 Å². The van der Waals surface area contributed by atoms with E-state index in [1.165, 1.54) is 43.8 Å². The second-order valence-electron chi connectivity index (χ2n) is 5.63. The number of benzene rings is 1. The van der Waals surface area contributed by atoms with Crippen LogP contribution in [0.25, 0.3) is 0 Å². The van der Waals surface area contributed by atoms with Crippen molar-refractivity contribution < 1.29 is 0 Å². The summed E-state index contributed by atoms with van der Waals surface area (Å²) in [5.74, 6) is 2.89. The van der Waals surface area contributed by atoms with E-state index in [4.69, 9.17) is 0 Å². The molecule has 0 fully saturated rings. The lowest BCUT2D eigenvalue weighted by atomic mass is 10.0. The molecule has 0 N–H and O–H groups in total. The van der Waals surface area contributed by atoms with Crippen molar-refractivity contribution in [2.75, 3.05) is 11.5 Å². The fraction of sp³-hybridized carbons (Fsp3) is 0.158. The summed E-state index contributed by atoms with van der Waals surface area (Å²) in [4.78, 5) is 2.77. The van der Waals surface area contributed by atoms with E-state index in [1.54, 1.807) is 0 Å². The lowest BCUT2D eigenvalue weighted by Gasteiger charge is -2.12. The van der Waals surface area contributed by atoms with E-state index < -0.39 is 0 Å². The average Bonchev–Trinajstić information content (AvgIpc) is 3.37. The second-order valence-corrected chi connectivity index (χ2v) is 13.1. The van der Waals surface area contributed by atoms with E-state index in [1.807, 2.05) is 70.6 Å². The van der Waals surface area contributed by atoms with Crippen LogP contribution < -0.4 is 0 Å². The van der Waals surface area contributed by atoms with Gasteiger partial charge in [0, 0.05) is 27.2 Å². The highest BCUT2D eigenvalue weighted by Gasteiger charge is 2.29. The van der Waals surface area contributed by atoms with Crippen molar-refractivity contribution >= 4 is 70.6 Å². The average molecular weight is 435 g/mol. The Morgan fingerprint density at radius 2 is 1.44 bits per heavy atom. The molecule has 6 heteroatoms. The van der Waals surface area contributed by atoms with Crippen LogP contribution in [0.1, 0.15) is 0 Å². The minimum absolute atomic E-state index is 0.406. The topological polar surface area (TPSA) is 0 Å². The molecule has 25 heavy (non-hydrogen) atoms. The molecule has 0 nitrogen and oxygen atoms in total. The molecule has 0 saturated carbocycles. The van der Waals surface area contributed by atoms with Crippen LogP contribution in [0.5, 0.6) is 0 Å². The number of hydrogen-bond donors (Lipinski definition) is 0. The van der Waals surface area contributed by atoms with Gasteiger partial charge in [0.15, 0.2) is 0 Å². The summed E-state index contributed by atoms with van der Waals surface area (Å²) >= 11 is 11.9. The van der Waals surface area contributed by atoms with Gasteiger partial charge in [0.1, 0.15) is 0 Å². The zero-order valence-corrected chi connectivity index (χ0v) is 18.0. The zero-order chi connectivity index (χ0) is 16.6. The largest absolute Gasteiger partial charge is 0.116 e. The first-order valence-electron chi connectivity index (χ1n) is 7.98. The molecule has 1 aromatic carbocycles. The second kappa shape index (κ2) is 7.56. The third-order valence-corrected chi connectivity index (χ3v) is 12.2. The molecule has 0 spiro atoms. The van der Waals surface area contributed by atoms with Crippen LogP contribution in [-0.2, 0) is 0 Å². The standard InChI is InChI=1S/C19H14S6/c1-2-6-12(5-1)13(17-24-18-19(25-17)21-10-9-20-18)11-16-22-14-7-3-4-8-15(14)23-16/h1-8,11-12H,9-10H2. The summed E-state index contributed by atoms with van der Waals surface area (Å²) in [5.41, 5.74) is 1.46. The van der Waals surface area contributed by atoms with Gasteiger partial charge in [-0.2, -0.15) is 0 Å². The summed E-state index contributed by atoms with van der Waals surface area (Å²) in [6, 6.07) is 8.71. The van der Waals surface area contributed by atoms with Gasteiger partial charge in [0.25, 0.3) is 0 Å². The maximum Gasteiger partial charge on any atom is 0.0660 e. The monoisotopic (exact) mass is 434 g/mol. The molecule has 3 aliphatic heterocycles. The van der Waals surface area contributed by atoms with Gasteiger partial charge < -0.3 is 0 Å². The molecular weight excluding hydrogens is 421 g/mol. The predicted molar refractivity (Wildman–Crippen MR) is 122 cm³/mol.